The second-order valence-corrected chi connectivity index (χ2v) is 21.4. The predicted octanol–water partition coefficient (Wildman–Crippen LogP) is 19.7. The highest BCUT2D eigenvalue weighted by molar-refractivity contribution is 7.25. The summed E-state index contributed by atoms with van der Waals surface area (Å²) in [5, 5.41) is 3.96. The van der Waals surface area contributed by atoms with Gasteiger partial charge in [0, 0.05) is 59.6 Å². The van der Waals surface area contributed by atoms with Crippen LogP contribution in [0.25, 0.3) is 81.8 Å². The van der Waals surface area contributed by atoms with Crippen LogP contribution in [0.1, 0.15) is 45.5 Å². The summed E-state index contributed by atoms with van der Waals surface area (Å²) in [6.45, 7) is 0. The summed E-state index contributed by atoms with van der Waals surface area (Å²) >= 11 is 1.88. The molecule has 11 aromatic carbocycles. The lowest BCUT2D eigenvalue weighted by molar-refractivity contribution is 0.768. The number of hydrogen-bond acceptors (Lipinski definition) is 2. The Morgan fingerprint density at radius 3 is 1.74 bits per heavy atom. The van der Waals surface area contributed by atoms with Gasteiger partial charge in [0.05, 0.1) is 10.9 Å². The van der Waals surface area contributed by atoms with Gasteiger partial charge >= 0.3 is 0 Å². The lowest BCUT2D eigenvalue weighted by Crippen LogP contribution is -2.28. The largest absolute Gasteiger partial charge is 0.313 e. The third-order valence-corrected chi connectivity index (χ3v) is 17.4. The predicted molar refractivity (Wildman–Crippen MR) is 322 cm³/mol. The maximum absolute atomic E-state index is 2.52. The highest BCUT2D eigenvalue weighted by Crippen LogP contribution is 2.57. The second-order valence-electron chi connectivity index (χ2n) is 20.3. The maximum atomic E-state index is 2.52. The zero-order valence-corrected chi connectivity index (χ0v) is 42.6. The minimum atomic E-state index is -0.516. The van der Waals surface area contributed by atoms with E-state index in [4.69, 9.17) is 0 Å². The molecule has 358 valence electrons. The van der Waals surface area contributed by atoms with Crippen LogP contribution in [0.2, 0.25) is 0 Å². The van der Waals surface area contributed by atoms with Crippen LogP contribution < -0.4 is 4.90 Å². The van der Waals surface area contributed by atoms with Gasteiger partial charge in [-0.15, -0.1) is 11.3 Å². The molecule has 0 radical (unpaired) electrons. The molecule has 0 saturated heterocycles. The van der Waals surface area contributed by atoms with Gasteiger partial charge in [0.1, 0.15) is 0 Å². The normalized spacial score (nSPS) is 13.3. The minimum absolute atomic E-state index is 0.516. The van der Waals surface area contributed by atoms with Gasteiger partial charge in [0.15, 0.2) is 0 Å². The van der Waals surface area contributed by atoms with E-state index in [9.17, 15) is 0 Å². The molecule has 0 unspecified atom stereocenters. The van der Waals surface area contributed by atoms with Gasteiger partial charge in [0.2, 0.25) is 0 Å². The first-order valence-electron chi connectivity index (χ1n) is 26.4. The zero-order valence-electron chi connectivity index (χ0n) is 41.8. The van der Waals surface area contributed by atoms with Crippen molar-refractivity contribution in [1.82, 2.24) is 4.57 Å². The van der Waals surface area contributed by atoms with Crippen molar-refractivity contribution in [3.63, 3.8) is 0 Å². The Morgan fingerprint density at radius 2 is 0.947 bits per heavy atom. The highest BCUT2D eigenvalue weighted by atomic mass is 32.1. The molecule has 76 heavy (non-hydrogen) atoms. The summed E-state index contributed by atoms with van der Waals surface area (Å²) in [5.41, 5.74) is 23.0. The molecule has 0 spiro atoms. The number of nitrogens with zero attached hydrogens (tertiary/aromatic N) is 2. The van der Waals surface area contributed by atoms with Crippen LogP contribution in [0.3, 0.4) is 0 Å². The topological polar surface area (TPSA) is 8.17 Å². The van der Waals surface area contributed by atoms with Gasteiger partial charge in [-0.1, -0.05) is 206 Å². The molecule has 0 amide bonds. The van der Waals surface area contributed by atoms with E-state index in [1.54, 1.807) is 0 Å². The smallest absolute Gasteiger partial charge is 0.0714 e. The molecule has 2 aliphatic carbocycles. The first-order chi connectivity index (χ1) is 37.7. The first-order valence-corrected chi connectivity index (χ1v) is 27.3. The fourth-order valence-corrected chi connectivity index (χ4v) is 13.8. The quantitative estimate of drug-likeness (QED) is 0.140. The minimum Gasteiger partial charge on any atom is -0.313 e. The Labute approximate surface area is 447 Å². The van der Waals surface area contributed by atoms with Crippen LogP contribution in [0.15, 0.2) is 273 Å². The van der Waals surface area contributed by atoms with Crippen LogP contribution in [0.5, 0.6) is 0 Å². The molecule has 13 aromatic rings. The lowest BCUT2D eigenvalue weighted by Gasteiger charge is -2.35. The van der Waals surface area contributed by atoms with E-state index in [0.717, 1.165) is 29.9 Å². The third kappa shape index (κ3) is 7.08. The Morgan fingerprint density at radius 1 is 0.368 bits per heavy atom. The van der Waals surface area contributed by atoms with Crippen LogP contribution in [-0.2, 0) is 11.8 Å². The molecule has 0 saturated carbocycles. The Bertz CT molecular complexity index is 4330. The number of thiophene rings is 1. The molecule has 2 heterocycles. The molecule has 0 atom stereocenters. The van der Waals surface area contributed by atoms with Crippen molar-refractivity contribution in [2.24, 2.45) is 0 Å². The zero-order chi connectivity index (χ0) is 50.2. The summed E-state index contributed by atoms with van der Waals surface area (Å²) in [6.07, 6.45) is 4.41. The van der Waals surface area contributed by atoms with E-state index in [0.29, 0.717) is 0 Å². The molecule has 0 fully saturated rings. The molecular weight excluding hydrogens is 937 g/mol. The molecule has 2 aliphatic rings. The van der Waals surface area contributed by atoms with Crippen LogP contribution in [0, 0.1) is 0 Å². The summed E-state index contributed by atoms with van der Waals surface area (Å²) in [7, 11) is 0. The van der Waals surface area contributed by atoms with Crippen molar-refractivity contribution in [3.8, 4) is 39.1 Å². The second kappa shape index (κ2) is 18.0. The van der Waals surface area contributed by atoms with Crippen LogP contribution >= 0.6 is 11.3 Å². The van der Waals surface area contributed by atoms with E-state index < -0.39 is 5.41 Å². The van der Waals surface area contributed by atoms with Gasteiger partial charge < -0.3 is 9.47 Å². The number of fused-ring (bicyclic) bond motifs is 9. The molecule has 2 aromatic heterocycles. The first kappa shape index (κ1) is 44.2. The summed E-state index contributed by atoms with van der Waals surface area (Å²) in [5.74, 6) is 0. The van der Waals surface area contributed by atoms with Crippen LogP contribution in [0.4, 0.5) is 17.1 Å². The monoisotopic (exact) mass is 986 g/mol. The Kier molecular flexibility index (Phi) is 10.5. The number of hydrogen-bond donors (Lipinski definition) is 0. The molecular formula is C73H50N2S. The van der Waals surface area contributed by atoms with Gasteiger partial charge in [-0.3, -0.25) is 0 Å². The van der Waals surface area contributed by atoms with Gasteiger partial charge in [-0.2, -0.15) is 0 Å². The standard InChI is InChI=1S/C73H50N2S/c1-4-17-49(18-5-1)50-35-38-57(39-36-50)74(60-40-42-62-61-25-10-13-28-67(61)73(68(62)48-60,55-20-6-2-7-21-55)56-22-8-3-9-23-56)58-24-16-19-53(45-58)51-31-33-52(34-32-51)54-37-43-70-65(46-54)63-26-11-14-29-69(63)75(70)59-41-44-72-66(47-59)64-27-12-15-30-71(64)76-72/h1-36,38-42,44-48H,37,43H2. The average Bonchev–Trinajstić information content (AvgIpc) is 4.32. The SMILES string of the molecule is C1=C(c2ccc(-c3cccc(N(c4ccc(-c5ccccc5)cc4)c4ccc5c(c4)C(c4ccccc4)(c4ccccc4)c4ccccc4-5)c3)cc2)CCc2c1c1ccccc1n2-c1ccc2sc3ccccc3c2c1. The number of anilines is 3. The molecule has 0 bridgehead atoms. The van der Waals surface area contributed by atoms with E-state index in [-0.39, 0.29) is 0 Å². The van der Waals surface area contributed by atoms with Crippen LogP contribution in [-0.4, -0.2) is 4.57 Å². The van der Waals surface area contributed by atoms with Crippen molar-refractivity contribution in [3.05, 3.63) is 312 Å². The van der Waals surface area contributed by atoms with Crippen molar-refractivity contribution in [2.45, 2.75) is 18.3 Å². The Balaban J connectivity index is 0.817. The lowest BCUT2D eigenvalue weighted by atomic mass is 9.67. The summed E-state index contributed by atoms with van der Waals surface area (Å²) < 4.78 is 5.19. The number of aromatic nitrogens is 1. The highest BCUT2D eigenvalue weighted by Gasteiger charge is 2.46. The van der Waals surface area contributed by atoms with Crippen molar-refractivity contribution in [2.75, 3.05) is 4.90 Å². The Hall–Kier alpha value is -9.28. The number of benzene rings is 11. The maximum Gasteiger partial charge on any atom is 0.0714 e. The molecule has 0 N–H and O–H groups in total. The number of allylic oxidation sites excluding steroid dienone is 1. The number of para-hydroxylation sites is 1. The number of rotatable bonds is 9. The van der Waals surface area contributed by atoms with Gasteiger partial charge in [-0.05, 0) is 152 Å². The average molecular weight is 987 g/mol. The van der Waals surface area contributed by atoms with E-state index in [2.05, 4.69) is 289 Å². The van der Waals surface area contributed by atoms with E-state index in [1.807, 2.05) is 11.3 Å². The molecule has 0 aliphatic heterocycles. The van der Waals surface area contributed by atoms with Gasteiger partial charge in [0.25, 0.3) is 0 Å². The molecule has 3 heteroatoms. The fourth-order valence-electron chi connectivity index (χ4n) is 12.8. The van der Waals surface area contributed by atoms with Crippen molar-refractivity contribution in [1.29, 1.82) is 0 Å². The molecule has 15 rings (SSSR count). The van der Waals surface area contributed by atoms with Gasteiger partial charge in [-0.25, -0.2) is 0 Å². The van der Waals surface area contributed by atoms with Crippen molar-refractivity contribution < 1.29 is 0 Å². The van der Waals surface area contributed by atoms with E-state index in [1.165, 1.54) is 115 Å². The van der Waals surface area contributed by atoms with E-state index >= 15 is 0 Å². The molecule has 2 nitrogen and oxygen atoms in total. The summed E-state index contributed by atoms with van der Waals surface area (Å²) in [4.78, 5) is 2.44. The fraction of sp³-hybridized carbons (Fsp3) is 0.0411. The van der Waals surface area contributed by atoms with Crippen molar-refractivity contribution >= 4 is 71.1 Å². The third-order valence-electron chi connectivity index (χ3n) is 16.2. The summed E-state index contributed by atoms with van der Waals surface area (Å²) in [6, 6.07) is 101.